The number of oxazole rings is 1. The van der Waals surface area contributed by atoms with E-state index in [1.54, 1.807) is 24.1 Å². The molecule has 0 aliphatic carbocycles. The Morgan fingerprint density at radius 1 is 1.13 bits per heavy atom. The van der Waals surface area contributed by atoms with Gasteiger partial charge in [0.2, 0.25) is 0 Å². The number of methoxy groups -OCH3 is 1. The number of piperidine rings is 1. The summed E-state index contributed by atoms with van der Waals surface area (Å²) in [5, 5.41) is 2.57. The van der Waals surface area contributed by atoms with Gasteiger partial charge in [0.05, 0.1) is 12.6 Å². The van der Waals surface area contributed by atoms with Crippen LogP contribution in [0, 0.1) is 0 Å². The standard InChI is InChI=1S/C22H21N3O5/c1-29-17-5-2-14(3-6-17)12-15-8-10-25(11-9-15)21(27)20(26)23-16-4-7-18-19(13-16)30-22(28)24-18/h2-7,12-13H,8-11H2,1H3,(H,23,26)(H,24,28). The number of carbonyl (C=O) groups is 2. The van der Waals surface area contributed by atoms with Gasteiger partial charge >= 0.3 is 17.6 Å². The molecule has 0 spiro atoms. The third-order valence-electron chi connectivity index (χ3n) is 5.05. The zero-order valence-electron chi connectivity index (χ0n) is 16.4. The maximum Gasteiger partial charge on any atom is 0.417 e. The van der Waals surface area contributed by atoms with E-state index in [9.17, 15) is 14.4 Å². The van der Waals surface area contributed by atoms with Crippen LogP contribution in [0.1, 0.15) is 18.4 Å². The summed E-state index contributed by atoms with van der Waals surface area (Å²) in [5.74, 6) is -1.05. The summed E-state index contributed by atoms with van der Waals surface area (Å²) in [6.07, 6.45) is 3.54. The first-order chi connectivity index (χ1) is 14.5. The quantitative estimate of drug-likeness (QED) is 0.650. The van der Waals surface area contributed by atoms with Crippen molar-refractivity contribution in [3.8, 4) is 5.75 Å². The highest BCUT2D eigenvalue weighted by Crippen LogP contribution is 2.22. The number of likely N-dealkylation sites (tertiary alicyclic amines) is 1. The smallest absolute Gasteiger partial charge is 0.417 e. The lowest BCUT2D eigenvalue weighted by atomic mass is 10.0. The summed E-state index contributed by atoms with van der Waals surface area (Å²) in [6, 6.07) is 12.5. The largest absolute Gasteiger partial charge is 0.497 e. The van der Waals surface area contributed by atoms with Crippen molar-refractivity contribution in [1.82, 2.24) is 9.88 Å². The number of nitrogens with one attached hydrogen (secondary N) is 2. The first kappa shape index (κ1) is 19.5. The minimum atomic E-state index is -0.713. The molecule has 30 heavy (non-hydrogen) atoms. The summed E-state index contributed by atoms with van der Waals surface area (Å²) in [4.78, 5) is 40.2. The Labute approximate surface area is 172 Å². The molecular formula is C22H21N3O5. The molecule has 2 N–H and O–H groups in total. The van der Waals surface area contributed by atoms with E-state index >= 15 is 0 Å². The maximum absolute atomic E-state index is 12.5. The van der Waals surface area contributed by atoms with Gasteiger partial charge < -0.3 is 19.4 Å². The summed E-state index contributed by atoms with van der Waals surface area (Å²) in [5.41, 5.74) is 3.54. The Bertz CT molecular complexity index is 1160. The monoisotopic (exact) mass is 407 g/mol. The average Bonchev–Trinajstić information content (AvgIpc) is 3.13. The predicted octanol–water partition coefficient (Wildman–Crippen LogP) is 2.77. The number of ether oxygens (including phenoxy) is 1. The number of aromatic nitrogens is 1. The minimum absolute atomic E-state index is 0.316. The molecule has 1 aromatic heterocycles. The SMILES string of the molecule is COc1ccc(C=C2CCN(C(=O)C(=O)Nc3ccc4[nH]c(=O)oc4c3)CC2)cc1. The van der Waals surface area contributed by atoms with Gasteiger partial charge in [0.15, 0.2) is 5.58 Å². The molecule has 0 bridgehead atoms. The summed E-state index contributed by atoms with van der Waals surface area (Å²) in [6.45, 7) is 0.972. The second-order valence-corrected chi connectivity index (χ2v) is 7.05. The van der Waals surface area contributed by atoms with Gasteiger partial charge in [-0.25, -0.2) is 4.79 Å². The van der Waals surface area contributed by atoms with Gasteiger partial charge in [0.1, 0.15) is 5.75 Å². The normalized spacial score (nSPS) is 13.9. The number of rotatable bonds is 3. The van der Waals surface area contributed by atoms with Crippen molar-refractivity contribution in [2.45, 2.75) is 12.8 Å². The second kappa shape index (κ2) is 8.28. The Hall–Kier alpha value is -3.81. The number of fused-ring (bicyclic) bond motifs is 1. The fourth-order valence-electron chi connectivity index (χ4n) is 3.43. The van der Waals surface area contributed by atoms with Crippen LogP contribution >= 0.6 is 0 Å². The minimum Gasteiger partial charge on any atom is -0.497 e. The van der Waals surface area contributed by atoms with E-state index in [1.165, 1.54) is 11.6 Å². The third-order valence-corrected chi connectivity index (χ3v) is 5.05. The summed E-state index contributed by atoms with van der Waals surface area (Å²) in [7, 11) is 1.63. The number of H-pyrrole nitrogens is 1. The summed E-state index contributed by atoms with van der Waals surface area (Å²) >= 11 is 0. The van der Waals surface area contributed by atoms with Gasteiger partial charge in [-0.15, -0.1) is 0 Å². The predicted molar refractivity (Wildman–Crippen MR) is 112 cm³/mol. The highest BCUT2D eigenvalue weighted by atomic mass is 16.5. The Balaban J connectivity index is 1.35. The molecule has 154 valence electrons. The maximum atomic E-state index is 12.5. The van der Waals surface area contributed by atoms with Gasteiger partial charge in [-0.2, -0.15) is 0 Å². The molecule has 0 unspecified atom stereocenters. The van der Waals surface area contributed by atoms with Gasteiger partial charge in [-0.3, -0.25) is 14.6 Å². The van der Waals surface area contributed by atoms with E-state index in [-0.39, 0.29) is 0 Å². The van der Waals surface area contributed by atoms with Crippen LogP contribution in [0.4, 0.5) is 5.69 Å². The lowest BCUT2D eigenvalue weighted by Crippen LogP contribution is -2.42. The number of amides is 2. The molecule has 8 nitrogen and oxygen atoms in total. The number of hydrogen-bond donors (Lipinski definition) is 2. The zero-order chi connectivity index (χ0) is 21.1. The van der Waals surface area contributed by atoms with Crippen LogP contribution < -0.4 is 15.8 Å². The zero-order valence-corrected chi connectivity index (χ0v) is 16.4. The number of hydrogen-bond acceptors (Lipinski definition) is 5. The molecule has 1 fully saturated rings. The molecule has 1 saturated heterocycles. The van der Waals surface area contributed by atoms with Crippen molar-refractivity contribution in [3.05, 3.63) is 64.2 Å². The molecule has 2 amide bonds. The van der Waals surface area contributed by atoms with E-state index < -0.39 is 17.6 Å². The number of aromatic amines is 1. The van der Waals surface area contributed by atoms with Crippen molar-refractivity contribution in [2.24, 2.45) is 0 Å². The molecule has 0 saturated carbocycles. The van der Waals surface area contributed by atoms with Crippen LogP contribution in [0.15, 0.2) is 57.2 Å². The van der Waals surface area contributed by atoms with E-state index in [0.29, 0.717) is 42.7 Å². The highest BCUT2D eigenvalue weighted by Gasteiger charge is 2.25. The van der Waals surface area contributed by atoms with E-state index in [4.69, 9.17) is 9.15 Å². The van der Waals surface area contributed by atoms with Gasteiger partial charge in [-0.05, 0) is 42.7 Å². The van der Waals surface area contributed by atoms with Crippen LogP contribution in [0.25, 0.3) is 17.2 Å². The molecular weight excluding hydrogens is 386 g/mol. The van der Waals surface area contributed by atoms with E-state index in [1.807, 2.05) is 24.3 Å². The molecule has 0 atom stereocenters. The first-order valence-electron chi connectivity index (χ1n) is 9.58. The van der Waals surface area contributed by atoms with Crippen LogP contribution in [-0.2, 0) is 9.59 Å². The topological polar surface area (TPSA) is 105 Å². The number of nitrogens with zero attached hydrogens (tertiary/aromatic N) is 1. The molecule has 8 heteroatoms. The van der Waals surface area contributed by atoms with E-state index in [2.05, 4.69) is 16.4 Å². The highest BCUT2D eigenvalue weighted by molar-refractivity contribution is 6.39. The Morgan fingerprint density at radius 2 is 1.87 bits per heavy atom. The van der Waals surface area contributed by atoms with Crippen molar-refractivity contribution in [2.75, 3.05) is 25.5 Å². The average molecular weight is 407 g/mol. The second-order valence-electron chi connectivity index (χ2n) is 7.05. The fraction of sp³-hybridized carbons (Fsp3) is 0.227. The molecule has 2 aromatic carbocycles. The van der Waals surface area contributed by atoms with Crippen LogP contribution in [0.3, 0.4) is 0 Å². The first-order valence-corrected chi connectivity index (χ1v) is 9.58. The molecule has 1 aliphatic rings. The number of benzene rings is 2. The molecule has 4 rings (SSSR count). The fourth-order valence-corrected chi connectivity index (χ4v) is 3.43. The van der Waals surface area contributed by atoms with Crippen molar-refractivity contribution in [3.63, 3.8) is 0 Å². The van der Waals surface area contributed by atoms with Crippen molar-refractivity contribution >= 4 is 34.7 Å². The van der Waals surface area contributed by atoms with Gasteiger partial charge in [0.25, 0.3) is 0 Å². The Kier molecular flexibility index (Phi) is 5.38. The van der Waals surface area contributed by atoms with Crippen molar-refractivity contribution < 1.29 is 18.7 Å². The molecule has 0 radical (unpaired) electrons. The lowest BCUT2D eigenvalue weighted by Gasteiger charge is -2.28. The van der Waals surface area contributed by atoms with E-state index in [0.717, 1.165) is 11.3 Å². The number of anilines is 1. The van der Waals surface area contributed by atoms with Crippen molar-refractivity contribution in [1.29, 1.82) is 0 Å². The van der Waals surface area contributed by atoms with Crippen LogP contribution in [-0.4, -0.2) is 41.9 Å². The van der Waals surface area contributed by atoms with Crippen LogP contribution in [0.2, 0.25) is 0 Å². The number of carbonyl (C=O) groups excluding carboxylic acids is 2. The molecule has 3 aromatic rings. The van der Waals surface area contributed by atoms with Gasteiger partial charge in [0, 0.05) is 24.8 Å². The molecule has 2 heterocycles. The summed E-state index contributed by atoms with van der Waals surface area (Å²) < 4.78 is 10.1. The third kappa shape index (κ3) is 4.27. The molecule has 1 aliphatic heterocycles. The van der Waals surface area contributed by atoms with Gasteiger partial charge in [-0.1, -0.05) is 23.8 Å². The van der Waals surface area contributed by atoms with Crippen LogP contribution in [0.5, 0.6) is 5.75 Å². The Morgan fingerprint density at radius 3 is 2.57 bits per heavy atom. The lowest BCUT2D eigenvalue weighted by molar-refractivity contribution is -0.143.